The highest BCUT2D eigenvalue weighted by Crippen LogP contribution is 2.21. The van der Waals surface area contributed by atoms with E-state index in [1.807, 2.05) is 0 Å². The lowest BCUT2D eigenvalue weighted by Crippen LogP contribution is -2.28. The zero-order valence-electron chi connectivity index (χ0n) is 12.7. The van der Waals surface area contributed by atoms with Crippen molar-refractivity contribution in [2.24, 2.45) is 5.92 Å². The minimum absolute atomic E-state index is 0.501. The zero-order chi connectivity index (χ0) is 13.7. The van der Waals surface area contributed by atoms with Crippen molar-refractivity contribution in [3.63, 3.8) is 0 Å². The first-order valence-corrected chi connectivity index (χ1v) is 7.71. The van der Waals surface area contributed by atoms with Gasteiger partial charge in [0.25, 0.3) is 0 Å². The molecule has 1 aliphatic rings. The fraction of sp³-hybridized carbons (Fsp3) is 0.647. The van der Waals surface area contributed by atoms with Crippen molar-refractivity contribution in [3.05, 3.63) is 35.4 Å². The number of nitrogens with one attached hydrogen (secondary N) is 1. The van der Waals surface area contributed by atoms with Crippen molar-refractivity contribution in [2.45, 2.75) is 39.7 Å². The summed E-state index contributed by atoms with van der Waals surface area (Å²) in [4.78, 5) is 2.62. The molecule has 1 saturated heterocycles. The largest absolute Gasteiger partial charge is 0.310 e. The van der Waals surface area contributed by atoms with Gasteiger partial charge in [-0.15, -0.1) is 0 Å². The number of rotatable bonds is 6. The van der Waals surface area contributed by atoms with Crippen molar-refractivity contribution in [2.75, 3.05) is 26.2 Å². The third-order valence-electron chi connectivity index (χ3n) is 4.14. The van der Waals surface area contributed by atoms with Crippen LogP contribution in [0.2, 0.25) is 0 Å². The van der Waals surface area contributed by atoms with E-state index in [1.165, 1.54) is 43.6 Å². The number of nitrogens with zero attached hydrogens (tertiary/aromatic N) is 1. The van der Waals surface area contributed by atoms with Gasteiger partial charge < -0.3 is 10.2 Å². The molecule has 2 nitrogen and oxygen atoms in total. The van der Waals surface area contributed by atoms with E-state index in [2.05, 4.69) is 55.3 Å². The first kappa shape index (κ1) is 14.5. The molecule has 19 heavy (non-hydrogen) atoms. The summed E-state index contributed by atoms with van der Waals surface area (Å²) >= 11 is 0. The average molecular weight is 260 g/mol. The number of likely N-dealkylation sites (tertiary alicyclic amines) is 1. The molecule has 2 heteroatoms. The highest BCUT2D eigenvalue weighted by molar-refractivity contribution is 5.25. The number of benzene rings is 1. The normalized spacial score (nSPS) is 21.7. The fourth-order valence-electron chi connectivity index (χ4n) is 3.06. The van der Waals surface area contributed by atoms with E-state index < -0.39 is 0 Å². The number of hydrogen-bond acceptors (Lipinski definition) is 2. The summed E-state index contributed by atoms with van der Waals surface area (Å²) < 4.78 is 0. The minimum Gasteiger partial charge on any atom is -0.310 e. The molecule has 0 bridgehead atoms. The second kappa shape index (κ2) is 7.06. The molecule has 1 fully saturated rings. The van der Waals surface area contributed by atoms with Gasteiger partial charge in [0.15, 0.2) is 0 Å². The Kier molecular flexibility index (Phi) is 5.41. The van der Waals surface area contributed by atoms with Gasteiger partial charge in [-0.25, -0.2) is 0 Å². The molecule has 1 aliphatic heterocycles. The maximum absolute atomic E-state index is 3.63. The molecule has 0 spiro atoms. The maximum atomic E-state index is 3.63. The van der Waals surface area contributed by atoms with Crippen LogP contribution in [0, 0.1) is 12.8 Å². The standard InChI is InChI=1S/C17H28N2/c1-4-18-17(16-7-5-6-14(2)12-16)9-11-19-10-8-15(3)13-19/h5-7,12,15,17-18H,4,8-11,13H2,1-3H3. The molecule has 106 valence electrons. The molecule has 2 atom stereocenters. The van der Waals surface area contributed by atoms with E-state index in [4.69, 9.17) is 0 Å². The van der Waals surface area contributed by atoms with Gasteiger partial charge in [0.05, 0.1) is 0 Å². The molecule has 1 aromatic rings. The zero-order valence-corrected chi connectivity index (χ0v) is 12.7. The van der Waals surface area contributed by atoms with Gasteiger partial charge in [-0.3, -0.25) is 0 Å². The molecular formula is C17H28N2. The number of aryl methyl sites for hydroxylation is 1. The van der Waals surface area contributed by atoms with Gasteiger partial charge in [-0.05, 0) is 50.9 Å². The van der Waals surface area contributed by atoms with Gasteiger partial charge in [0.1, 0.15) is 0 Å². The van der Waals surface area contributed by atoms with Crippen LogP contribution in [-0.4, -0.2) is 31.1 Å². The van der Waals surface area contributed by atoms with Crippen LogP contribution in [0.25, 0.3) is 0 Å². The van der Waals surface area contributed by atoms with Crippen LogP contribution in [0.5, 0.6) is 0 Å². The van der Waals surface area contributed by atoms with E-state index in [1.54, 1.807) is 0 Å². The monoisotopic (exact) mass is 260 g/mol. The Morgan fingerprint density at radius 3 is 2.89 bits per heavy atom. The van der Waals surface area contributed by atoms with Gasteiger partial charge in [-0.1, -0.05) is 43.7 Å². The van der Waals surface area contributed by atoms with Gasteiger partial charge in [0, 0.05) is 12.6 Å². The minimum atomic E-state index is 0.501. The van der Waals surface area contributed by atoms with E-state index in [9.17, 15) is 0 Å². The molecule has 0 amide bonds. The van der Waals surface area contributed by atoms with Gasteiger partial charge >= 0.3 is 0 Å². The van der Waals surface area contributed by atoms with Crippen LogP contribution in [0.1, 0.15) is 43.9 Å². The Morgan fingerprint density at radius 1 is 1.42 bits per heavy atom. The average Bonchev–Trinajstić information content (AvgIpc) is 2.80. The smallest absolute Gasteiger partial charge is 0.0332 e. The number of hydrogen-bond donors (Lipinski definition) is 1. The third kappa shape index (κ3) is 4.32. The topological polar surface area (TPSA) is 15.3 Å². The van der Waals surface area contributed by atoms with Crippen molar-refractivity contribution in [3.8, 4) is 0 Å². The van der Waals surface area contributed by atoms with Crippen LogP contribution in [-0.2, 0) is 0 Å². The third-order valence-corrected chi connectivity index (χ3v) is 4.14. The lowest BCUT2D eigenvalue weighted by atomic mass is 10.0. The summed E-state index contributed by atoms with van der Waals surface area (Å²) in [7, 11) is 0. The van der Waals surface area contributed by atoms with Crippen LogP contribution < -0.4 is 5.32 Å². The van der Waals surface area contributed by atoms with Gasteiger partial charge in [-0.2, -0.15) is 0 Å². The highest BCUT2D eigenvalue weighted by atomic mass is 15.1. The predicted octanol–water partition coefficient (Wildman–Crippen LogP) is 3.38. The summed E-state index contributed by atoms with van der Waals surface area (Å²) in [5.41, 5.74) is 2.80. The molecule has 2 rings (SSSR count). The Labute approximate surface area is 118 Å². The Bertz CT molecular complexity index is 389. The lowest BCUT2D eigenvalue weighted by molar-refractivity contribution is 0.302. The Morgan fingerprint density at radius 2 is 2.26 bits per heavy atom. The maximum Gasteiger partial charge on any atom is 0.0332 e. The van der Waals surface area contributed by atoms with Gasteiger partial charge in [0.2, 0.25) is 0 Å². The quantitative estimate of drug-likeness (QED) is 0.843. The summed E-state index contributed by atoms with van der Waals surface area (Å²) in [5, 5.41) is 3.63. The Hall–Kier alpha value is -0.860. The summed E-state index contributed by atoms with van der Waals surface area (Å²) in [5.74, 6) is 0.886. The second-order valence-corrected chi connectivity index (χ2v) is 6.01. The van der Waals surface area contributed by atoms with Crippen molar-refractivity contribution >= 4 is 0 Å². The van der Waals surface area contributed by atoms with E-state index in [0.717, 1.165) is 12.5 Å². The first-order valence-electron chi connectivity index (χ1n) is 7.71. The second-order valence-electron chi connectivity index (χ2n) is 6.01. The summed E-state index contributed by atoms with van der Waals surface area (Å²) in [6, 6.07) is 9.43. The molecule has 0 aliphatic carbocycles. The van der Waals surface area contributed by atoms with E-state index in [-0.39, 0.29) is 0 Å². The van der Waals surface area contributed by atoms with Crippen LogP contribution >= 0.6 is 0 Å². The fourth-order valence-corrected chi connectivity index (χ4v) is 3.06. The molecule has 2 unspecified atom stereocenters. The van der Waals surface area contributed by atoms with Crippen molar-refractivity contribution < 1.29 is 0 Å². The molecule has 0 radical (unpaired) electrons. The molecular weight excluding hydrogens is 232 g/mol. The lowest BCUT2D eigenvalue weighted by Gasteiger charge is -2.22. The summed E-state index contributed by atoms with van der Waals surface area (Å²) in [6.45, 7) is 11.6. The summed E-state index contributed by atoms with van der Waals surface area (Å²) in [6.07, 6.45) is 2.58. The molecule has 0 saturated carbocycles. The Balaban J connectivity index is 1.92. The SMILES string of the molecule is CCNC(CCN1CCC(C)C1)c1cccc(C)c1. The molecule has 1 heterocycles. The van der Waals surface area contributed by atoms with Crippen LogP contribution in [0.15, 0.2) is 24.3 Å². The molecule has 1 aromatic carbocycles. The van der Waals surface area contributed by atoms with E-state index in [0.29, 0.717) is 6.04 Å². The molecule has 1 N–H and O–H groups in total. The van der Waals surface area contributed by atoms with E-state index >= 15 is 0 Å². The van der Waals surface area contributed by atoms with Crippen LogP contribution in [0.3, 0.4) is 0 Å². The highest BCUT2D eigenvalue weighted by Gasteiger charge is 2.19. The van der Waals surface area contributed by atoms with Crippen molar-refractivity contribution in [1.29, 1.82) is 0 Å². The molecule has 0 aromatic heterocycles. The first-order chi connectivity index (χ1) is 9.19. The van der Waals surface area contributed by atoms with Crippen molar-refractivity contribution in [1.82, 2.24) is 10.2 Å². The van der Waals surface area contributed by atoms with Crippen LogP contribution in [0.4, 0.5) is 0 Å². The predicted molar refractivity (Wildman–Crippen MR) is 82.4 cm³/mol.